The van der Waals surface area contributed by atoms with Crippen LogP contribution in [0.5, 0.6) is 0 Å². The van der Waals surface area contributed by atoms with Crippen molar-refractivity contribution in [3.05, 3.63) is 17.1 Å². The van der Waals surface area contributed by atoms with Crippen molar-refractivity contribution in [1.29, 1.82) is 0 Å². The van der Waals surface area contributed by atoms with Gasteiger partial charge in [-0.05, 0) is 43.7 Å². The molecule has 5 heteroatoms. The summed E-state index contributed by atoms with van der Waals surface area (Å²) in [5.41, 5.74) is 0. The van der Waals surface area contributed by atoms with Crippen LogP contribution in [0.4, 0.5) is 0 Å². The van der Waals surface area contributed by atoms with E-state index in [1.165, 1.54) is 25.7 Å². The standard InChI is InChI=1S/C21H40N2O3/c1-3-5-6-13-16-19(24)17-14-11-9-7-8-10-12-15-18-21(25)22-20(4-2)23-26/h11,14,19-20,24H,3-10,12-13,15-18H2,1-2H3,(H,22,25)/b14-11-/t19-,20?/m1/s1. The average Bonchev–Trinajstić information content (AvgIpc) is 2.64. The number of hydrogen-bond acceptors (Lipinski definition) is 4. The van der Waals surface area contributed by atoms with Gasteiger partial charge >= 0.3 is 0 Å². The number of amides is 1. The first-order valence-electron chi connectivity index (χ1n) is 10.6. The summed E-state index contributed by atoms with van der Waals surface area (Å²) in [5, 5.41) is 15.4. The summed E-state index contributed by atoms with van der Waals surface area (Å²) in [6.45, 7) is 4.03. The van der Waals surface area contributed by atoms with Gasteiger partial charge in [-0.25, -0.2) is 0 Å². The molecule has 0 rings (SSSR count). The highest BCUT2D eigenvalue weighted by molar-refractivity contribution is 5.76. The van der Waals surface area contributed by atoms with E-state index in [4.69, 9.17) is 0 Å². The van der Waals surface area contributed by atoms with Crippen LogP contribution < -0.4 is 5.32 Å². The lowest BCUT2D eigenvalue weighted by Crippen LogP contribution is -2.32. The number of hydrogen-bond donors (Lipinski definition) is 2. The number of carbonyl (C=O) groups is 1. The van der Waals surface area contributed by atoms with Crippen LogP contribution in [-0.4, -0.2) is 23.3 Å². The number of nitrogens with one attached hydrogen (secondary N) is 1. The van der Waals surface area contributed by atoms with Crippen molar-refractivity contribution in [3.8, 4) is 0 Å². The molecule has 2 N–H and O–H groups in total. The summed E-state index contributed by atoms with van der Waals surface area (Å²) in [4.78, 5) is 22.0. The Morgan fingerprint density at radius 3 is 2.38 bits per heavy atom. The zero-order valence-electron chi connectivity index (χ0n) is 16.9. The number of nitroso groups, excluding NO2 is 1. The molecular formula is C21H40N2O3. The molecule has 0 aromatic carbocycles. The second kappa shape index (κ2) is 18.6. The maximum Gasteiger partial charge on any atom is 0.221 e. The molecular weight excluding hydrogens is 328 g/mol. The van der Waals surface area contributed by atoms with E-state index in [9.17, 15) is 14.8 Å². The van der Waals surface area contributed by atoms with Crippen molar-refractivity contribution in [1.82, 2.24) is 5.32 Å². The molecule has 1 amide bonds. The van der Waals surface area contributed by atoms with Crippen LogP contribution in [0.15, 0.2) is 17.3 Å². The molecule has 0 saturated heterocycles. The van der Waals surface area contributed by atoms with E-state index in [1.807, 2.05) is 6.92 Å². The topological polar surface area (TPSA) is 78.8 Å². The fourth-order valence-corrected chi connectivity index (χ4v) is 2.83. The van der Waals surface area contributed by atoms with Crippen molar-refractivity contribution < 1.29 is 9.90 Å². The van der Waals surface area contributed by atoms with Crippen LogP contribution in [0, 0.1) is 4.91 Å². The highest BCUT2D eigenvalue weighted by Crippen LogP contribution is 2.10. The molecule has 5 nitrogen and oxygen atoms in total. The van der Waals surface area contributed by atoms with Gasteiger partial charge in [0.1, 0.15) is 0 Å². The third kappa shape index (κ3) is 16.2. The summed E-state index contributed by atoms with van der Waals surface area (Å²) >= 11 is 0. The van der Waals surface area contributed by atoms with E-state index in [-0.39, 0.29) is 12.0 Å². The SMILES string of the molecule is CCCCCC[C@@H](O)C/C=C\CCCCCCCC(=O)NC(CC)N=O. The number of nitrogens with zero attached hydrogens (tertiary/aromatic N) is 1. The zero-order valence-corrected chi connectivity index (χ0v) is 16.9. The molecule has 0 aromatic rings. The fraction of sp³-hybridized carbons (Fsp3) is 0.857. The summed E-state index contributed by atoms with van der Waals surface area (Å²) in [5.74, 6) is -0.0763. The number of carbonyl (C=O) groups excluding carboxylic acids is 1. The minimum Gasteiger partial charge on any atom is -0.393 e. The van der Waals surface area contributed by atoms with Gasteiger partial charge in [0.2, 0.25) is 5.91 Å². The lowest BCUT2D eigenvalue weighted by Gasteiger charge is -2.08. The monoisotopic (exact) mass is 368 g/mol. The minimum atomic E-state index is -0.579. The van der Waals surface area contributed by atoms with Crippen LogP contribution >= 0.6 is 0 Å². The Morgan fingerprint density at radius 1 is 1.00 bits per heavy atom. The fourth-order valence-electron chi connectivity index (χ4n) is 2.83. The summed E-state index contributed by atoms with van der Waals surface area (Å²) in [6.07, 6.45) is 17.5. The summed E-state index contributed by atoms with van der Waals surface area (Å²) in [6, 6.07) is 0. The zero-order chi connectivity index (χ0) is 19.5. The van der Waals surface area contributed by atoms with Crippen LogP contribution in [0.25, 0.3) is 0 Å². The van der Waals surface area contributed by atoms with Gasteiger partial charge in [-0.15, -0.1) is 4.91 Å². The second-order valence-corrected chi connectivity index (χ2v) is 7.11. The van der Waals surface area contributed by atoms with E-state index in [0.717, 1.165) is 51.4 Å². The molecule has 26 heavy (non-hydrogen) atoms. The molecule has 0 aliphatic carbocycles. The third-order valence-corrected chi connectivity index (χ3v) is 4.58. The van der Waals surface area contributed by atoms with Gasteiger partial charge in [0.25, 0.3) is 0 Å². The highest BCUT2D eigenvalue weighted by Gasteiger charge is 2.09. The van der Waals surface area contributed by atoms with Gasteiger partial charge in [-0.2, -0.15) is 0 Å². The number of unbranched alkanes of at least 4 members (excludes halogenated alkanes) is 8. The van der Waals surface area contributed by atoms with Crippen LogP contribution in [0.1, 0.15) is 104 Å². The maximum atomic E-state index is 11.6. The Hall–Kier alpha value is -1.23. The van der Waals surface area contributed by atoms with Crippen molar-refractivity contribution in [2.45, 2.75) is 116 Å². The molecule has 0 spiro atoms. The molecule has 0 aliphatic rings. The first kappa shape index (κ1) is 24.8. The van der Waals surface area contributed by atoms with E-state index in [2.05, 4.69) is 29.6 Å². The first-order valence-corrected chi connectivity index (χ1v) is 10.6. The van der Waals surface area contributed by atoms with Gasteiger partial charge in [-0.3, -0.25) is 4.79 Å². The Kier molecular flexibility index (Phi) is 17.7. The second-order valence-electron chi connectivity index (χ2n) is 7.11. The minimum absolute atomic E-state index is 0.0763. The molecule has 0 heterocycles. The van der Waals surface area contributed by atoms with Gasteiger partial charge in [0.15, 0.2) is 6.17 Å². The van der Waals surface area contributed by atoms with Crippen LogP contribution in [0.2, 0.25) is 0 Å². The molecule has 152 valence electrons. The highest BCUT2D eigenvalue weighted by atomic mass is 16.3. The third-order valence-electron chi connectivity index (χ3n) is 4.58. The Labute approximate surface area is 160 Å². The smallest absolute Gasteiger partial charge is 0.221 e. The summed E-state index contributed by atoms with van der Waals surface area (Å²) in [7, 11) is 0. The van der Waals surface area contributed by atoms with Gasteiger partial charge in [0.05, 0.1) is 6.10 Å². The van der Waals surface area contributed by atoms with Crippen molar-refractivity contribution in [2.75, 3.05) is 0 Å². The first-order chi connectivity index (χ1) is 12.6. The maximum absolute atomic E-state index is 11.6. The normalized spacial score (nSPS) is 13.7. The summed E-state index contributed by atoms with van der Waals surface area (Å²) < 4.78 is 0. The molecule has 0 radical (unpaired) electrons. The van der Waals surface area contributed by atoms with Gasteiger partial charge < -0.3 is 10.4 Å². The molecule has 0 saturated carbocycles. The van der Waals surface area contributed by atoms with Gasteiger partial charge in [-0.1, -0.05) is 70.9 Å². The van der Waals surface area contributed by atoms with Crippen molar-refractivity contribution in [2.24, 2.45) is 5.18 Å². The molecule has 1 unspecified atom stereocenters. The van der Waals surface area contributed by atoms with E-state index in [1.54, 1.807) is 0 Å². The van der Waals surface area contributed by atoms with Gasteiger partial charge in [0, 0.05) is 6.42 Å². The number of aliphatic hydroxyl groups is 1. The predicted molar refractivity (Wildman–Crippen MR) is 109 cm³/mol. The van der Waals surface area contributed by atoms with Crippen molar-refractivity contribution in [3.63, 3.8) is 0 Å². The van der Waals surface area contributed by atoms with Crippen molar-refractivity contribution >= 4 is 5.91 Å². The largest absolute Gasteiger partial charge is 0.393 e. The molecule has 0 aromatic heterocycles. The molecule has 0 aliphatic heterocycles. The molecule has 2 atom stereocenters. The average molecular weight is 369 g/mol. The Morgan fingerprint density at radius 2 is 1.69 bits per heavy atom. The lowest BCUT2D eigenvalue weighted by atomic mass is 10.1. The van der Waals surface area contributed by atoms with Crippen LogP contribution in [-0.2, 0) is 4.79 Å². The van der Waals surface area contributed by atoms with E-state index in [0.29, 0.717) is 12.8 Å². The molecule has 0 bridgehead atoms. The molecule has 0 fully saturated rings. The number of rotatable bonds is 18. The number of aliphatic hydroxyl groups excluding tert-OH is 1. The quantitative estimate of drug-likeness (QED) is 0.187. The lowest BCUT2D eigenvalue weighted by molar-refractivity contribution is -0.121. The van der Waals surface area contributed by atoms with Crippen LogP contribution in [0.3, 0.4) is 0 Å². The van der Waals surface area contributed by atoms with E-state index >= 15 is 0 Å². The Balaban J connectivity index is 3.42. The number of allylic oxidation sites excluding steroid dienone is 1. The van der Waals surface area contributed by atoms with E-state index < -0.39 is 6.17 Å². The Bertz CT molecular complexity index is 372. The predicted octanol–water partition coefficient (Wildman–Crippen LogP) is 5.61.